The predicted octanol–water partition coefficient (Wildman–Crippen LogP) is 7.04. The lowest BCUT2D eigenvalue weighted by molar-refractivity contribution is 0.116. The third kappa shape index (κ3) is 9.25. The second-order valence-electron chi connectivity index (χ2n) is 10.4. The molecule has 3 nitrogen and oxygen atoms in total. The van der Waals surface area contributed by atoms with Crippen LogP contribution in [0.25, 0.3) is 0 Å². The Bertz CT molecular complexity index is 503. The lowest BCUT2D eigenvalue weighted by Crippen LogP contribution is -2.47. The van der Waals surface area contributed by atoms with Crippen molar-refractivity contribution < 1.29 is 14.0 Å². The van der Waals surface area contributed by atoms with E-state index in [2.05, 4.69) is 96.9 Å². The topological polar surface area (TPSA) is 38.7 Å². The van der Waals surface area contributed by atoms with Gasteiger partial charge in [0.25, 0.3) is 0 Å². The average Bonchev–Trinajstić information content (AvgIpc) is 2.43. The summed E-state index contributed by atoms with van der Waals surface area (Å²) in [5, 5.41) is 9.55. The largest absolute Gasteiger partial charge is 0.413 e. The Balaban J connectivity index is 5.48. The summed E-state index contributed by atoms with van der Waals surface area (Å²) in [5.74, 6) is 0. The van der Waals surface area contributed by atoms with Crippen LogP contribution in [0.5, 0.6) is 0 Å². The van der Waals surface area contributed by atoms with Crippen molar-refractivity contribution in [1.82, 2.24) is 0 Å². The van der Waals surface area contributed by atoms with Crippen molar-refractivity contribution in [1.29, 1.82) is 0 Å². The summed E-state index contributed by atoms with van der Waals surface area (Å²) in [5.41, 5.74) is 0. The van der Waals surface area contributed by atoms with E-state index in [1.54, 1.807) is 0 Å². The van der Waals surface area contributed by atoms with Gasteiger partial charge in [-0.25, -0.2) is 0 Å². The molecule has 0 bridgehead atoms. The van der Waals surface area contributed by atoms with Crippen LogP contribution in [0.2, 0.25) is 36.3 Å². The summed E-state index contributed by atoms with van der Waals surface area (Å²) in [6.45, 7) is 26.8. The predicted molar refractivity (Wildman–Crippen MR) is 133 cm³/mol. The maximum atomic E-state index is 9.23. The minimum absolute atomic E-state index is 0.0148. The highest BCUT2D eigenvalue weighted by atomic mass is 127. The first kappa shape index (κ1) is 27.5. The molecule has 2 atom stereocenters. The molecule has 0 saturated carbocycles. The number of aliphatic hydroxyl groups is 1. The van der Waals surface area contributed by atoms with E-state index in [1.165, 1.54) is 0 Å². The van der Waals surface area contributed by atoms with Gasteiger partial charge in [0.05, 0.1) is 18.8 Å². The fourth-order valence-corrected chi connectivity index (χ4v) is 5.53. The van der Waals surface area contributed by atoms with Crippen molar-refractivity contribution in [3.05, 3.63) is 22.3 Å². The molecule has 0 amide bonds. The molecule has 0 fully saturated rings. The summed E-state index contributed by atoms with van der Waals surface area (Å²) in [6, 6.07) is 0. The normalized spacial score (nSPS) is 17.0. The Hall–Kier alpha value is 0.524. The van der Waals surface area contributed by atoms with Gasteiger partial charge in [0.1, 0.15) is 0 Å². The van der Waals surface area contributed by atoms with E-state index in [1.807, 2.05) is 12.2 Å². The zero-order valence-electron chi connectivity index (χ0n) is 19.3. The molecule has 0 aromatic rings. The van der Waals surface area contributed by atoms with Gasteiger partial charge in [-0.2, -0.15) is 0 Å². The van der Waals surface area contributed by atoms with Gasteiger partial charge in [0.15, 0.2) is 16.6 Å². The second kappa shape index (κ2) is 10.5. The van der Waals surface area contributed by atoms with Crippen molar-refractivity contribution in [2.24, 2.45) is 0 Å². The Labute approximate surface area is 184 Å². The maximum absolute atomic E-state index is 9.23. The molecular weight excluding hydrogens is 483 g/mol. The molecular formula is C21H43IO3Si2. The van der Waals surface area contributed by atoms with Gasteiger partial charge >= 0.3 is 0 Å². The van der Waals surface area contributed by atoms with Crippen LogP contribution in [0.1, 0.15) is 54.4 Å². The van der Waals surface area contributed by atoms with Gasteiger partial charge in [-0.05, 0) is 68.5 Å². The minimum atomic E-state index is -1.90. The van der Waals surface area contributed by atoms with E-state index in [4.69, 9.17) is 8.85 Å². The fraction of sp³-hybridized carbons (Fsp3) is 0.810. The smallest absolute Gasteiger partial charge is 0.192 e. The van der Waals surface area contributed by atoms with Crippen LogP contribution in [-0.4, -0.2) is 40.6 Å². The molecule has 0 spiro atoms. The Kier molecular flexibility index (Phi) is 10.7. The van der Waals surface area contributed by atoms with E-state index >= 15 is 0 Å². The van der Waals surface area contributed by atoms with E-state index in [-0.39, 0.29) is 28.9 Å². The first-order valence-electron chi connectivity index (χ1n) is 9.90. The molecule has 27 heavy (non-hydrogen) atoms. The summed E-state index contributed by atoms with van der Waals surface area (Å²) in [6.07, 6.45) is 5.45. The molecule has 1 N–H and O–H groups in total. The third-order valence-corrected chi connectivity index (χ3v) is 15.9. The van der Waals surface area contributed by atoms with E-state index in [9.17, 15) is 5.11 Å². The molecule has 0 aliphatic rings. The summed E-state index contributed by atoms with van der Waals surface area (Å²) in [4.78, 5) is 0. The van der Waals surface area contributed by atoms with Gasteiger partial charge < -0.3 is 14.0 Å². The standard InChI is InChI=1S/C21H43IO3Si2/c1-12-18(24-26(8,9)20(2,3)4)16-19(15-17(22)13-14-23)25-27(10,11)21(5,6)7/h12-13,18-19,23H,1,14-16H2,2-11H3/b17-13-/t18-,19-/m1/s1. The highest BCUT2D eigenvalue weighted by molar-refractivity contribution is 14.1. The molecule has 0 saturated heterocycles. The van der Waals surface area contributed by atoms with E-state index < -0.39 is 16.6 Å². The highest BCUT2D eigenvalue weighted by Gasteiger charge is 2.41. The molecule has 0 aromatic heterocycles. The molecule has 0 aliphatic carbocycles. The van der Waals surface area contributed by atoms with Crippen LogP contribution < -0.4 is 0 Å². The molecule has 0 unspecified atom stereocenters. The highest BCUT2D eigenvalue weighted by Crippen LogP contribution is 2.40. The van der Waals surface area contributed by atoms with Crippen molar-refractivity contribution in [2.45, 2.75) is 103 Å². The second-order valence-corrected chi connectivity index (χ2v) is 21.3. The number of rotatable bonds is 10. The minimum Gasteiger partial charge on any atom is -0.413 e. The number of hydrogen-bond acceptors (Lipinski definition) is 3. The molecule has 160 valence electrons. The van der Waals surface area contributed by atoms with Crippen molar-refractivity contribution in [3.8, 4) is 0 Å². The molecule has 6 heteroatoms. The molecule has 0 aliphatic heterocycles. The quantitative estimate of drug-likeness (QED) is 0.188. The molecule has 0 aromatic carbocycles. The van der Waals surface area contributed by atoms with Crippen LogP contribution in [0.4, 0.5) is 0 Å². The summed E-state index contributed by atoms with van der Waals surface area (Å²) in [7, 11) is -3.78. The average molecular weight is 527 g/mol. The van der Waals surface area contributed by atoms with Crippen LogP contribution >= 0.6 is 22.6 Å². The van der Waals surface area contributed by atoms with Crippen molar-refractivity contribution in [3.63, 3.8) is 0 Å². The number of aliphatic hydroxyl groups excluding tert-OH is 1. The Morgan fingerprint density at radius 2 is 1.44 bits per heavy atom. The summed E-state index contributed by atoms with van der Waals surface area (Å²) < 4.78 is 14.5. The molecule has 0 heterocycles. The van der Waals surface area contributed by atoms with E-state index in [0.717, 1.165) is 16.4 Å². The molecule has 0 radical (unpaired) electrons. The first-order valence-corrected chi connectivity index (χ1v) is 16.8. The number of halogens is 1. The van der Waals surface area contributed by atoms with Crippen molar-refractivity contribution in [2.75, 3.05) is 6.61 Å². The first-order chi connectivity index (χ1) is 12.0. The zero-order valence-corrected chi connectivity index (χ0v) is 23.4. The SMILES string of the molecule is C=C[C@H](C[C@@H](C/C(I)=C/CO)O[Si](C)(C)C(C)(C)C)O[Si](C)(C)C(C)(C)C. The fourth-order valence-electron chi connectivity index (χ4n) is 2.17. The lowest BCUT2D eigenvalue weighted by Gasteiger charge is -2.42. The lowest BCUT2D eigenvalue weighted by atomic mass is 10.1. The van der Waals surface area contributed by atoms with Gasteiger partial charge in [-0.15, -0.1) is 6.58 Å². The van der Waals surface area contributed by atoms with Crippen LogP contribution in [0.15, 0.2) is 22.3 Å². The monoisotopic (exact) mass is 526 g/mol. The van der Waals surface area contributed by atoms with Crippen LogP contribution in [0.3, 0.4) is 0 Å². The van der Waals surface area contributed by atoms with Crippen molar-refractivity contribution >= 4 is 39.2 Å². The molecule has 0 rings (SSSR count). The van der Waals surface area contributed by atoms with Crippen LogP contribution in [-0.2, 0) is 8.85 Å². The number of hydrogen-bond donors (Lipinski definition) is 1. The Morgan fingerprint density at radius 1 is 1.00 bits per heavy atom. The summed E-state index contributed by atoms with van der Waals surface area (Å²) >= 11 is 2.31. The Morgan fingerprint density at radius 3 is 1.81 bits per heavy atom. The zero-order chi connectivity index (χ0) is 21.7. The van der Waals surface area contributed by atoms with Gasteiger partial charge in [0, 0.05) is 12.8 Å². The van der Waals surface area contributed by atoms with Gasteiger partial charge in [-0.3, -0.25) is 0 Å². The van der Waals surface area contributed by atoms with Gasteiger partial charge in [0.2, 0.25) is 0 Å². The van der Waals surface area contributed by atoms with Gasteiger partial charge in [-0.1, -0.05) is 47.6 Å². The van der Waals surface area contributed by atoms with Crippen LogP contribution in [0, 0.1) is 0 Å². The third-order valence-electron chi connectivity index (χ3n) is 6.01. The maximum Gasteiger partial charge on any atom is 0.192 e. The van der Waals surface area contributed by atoms with E-state index in [0.29, 0.717) is 0 Å².